The zero-order valence-corrected chi connectivity index (χ0v) is 16.0. The van der Waals surface area contributed by atoms with Crippen LogP contribution >= 0.6 is 23.2 Å². The van der Waals surface area contributed by atoms with Crippen molar-refractivity contribution in [2.45, 2.75) is 19.5 Å². The first-order chi connectivity index (χ1) is 13.0. The van der Waals surface area contributed by atoms with E-state index < -0.39 is 0 Å². The normalized spacial score (nSPS) is 14.1. The second-order valence-corrected chi connectivity index (χ2v) is 7.50. The van der Waals surface area contributed by atoms with Gasteiger partial charge in [0.25, 0.3) is 5.56 Å². The summed E-state index contributed by atoms with van der Waals surface area (Å²) in [6.07, 6.45) is 0.715. The molecule has 138 valence electrons. The summed E-state index contributed by atoms with van der Waals surface area (Å²) in [6, 6.07) is 12.8. The molecule has 5 nitrogen and oxygen atoms in total. The number of anilines is 1. The van der Waals surface area contributed by atoms with Gasteiger partial charge in [-0.1, -0.05) is 29.3 Å². The minimum absolute atomic E-state index is 0.0984. The first kappa shape index (κ1) is 18.0. The van der Waals surface area contributed by atoms with E-state index in [0.29, 0.717) is 46.6 Å². The van der Waals surface area contributed by atoms with Gasteiger partial charge in [-0.25, -0.2) is 4.98 Å². The van der Waals surface area contributed by atoms with E-state index >= 15 is 0 Å². The molecule has 0 radical (unpaired) electrons. The Morgan fingerprint density at radius 3 is 2.67 bits per heavy atom. The van der Waals surface area contributed by atoms with Gasteiger partial charge in [0.15, 0.2) is 0 Å². The van der Waals surface area contributed by atoms with Gasteiger partial charge in [0.05, 0.1) is 11.3 Å². The first-order valence-corrected chi connectivity index (χ1v) is 9.39. The van der Waals surface area contributed by atoms with Crippen molar-refractivity contribution in [2.75, 3.05) is 12.3 Å². The Kier molecular flexibility index (Phi) is 4.91. The zero-order chi connectivity index (χ0) is 19.0. The number of nitrogen functional groups attached to an aromatic ring is 1. The molecule has 3 N–H and O–H groups in total. The van der Waals surface area contributed by atoms with Crippen LogP contribution in [0.3, 0.4) is 0 Å². The molecule has 0 atom stereocenters. The number of H-pyrrole nitrogens is 1. The Labute approximate surface area is 166 Å². The second-order valence-electron chi connectivity index (χ2n) is 6.66. The van der Waals surface area contributed by atoms with Crippen molar-refractivity contribution < 1.29 is 0 Å². The molecule has 4 rings (SSSR count). The molecule has 0 unspecified atom stereocenters. The lowest BCUT2D eigenvalue weighted by Crippen LogP contribution is -2.35. The summed E-state index contributed by atoms with van der Waals surface area (Å²) < 4.78 is 0. The van der Waals surface area contributed by atoms with Crippen LogP contribution in [0.4, 0.5) is 5.69 Å². The molecular weight excluding hydrogens is 383 g/mol. The van der Waals surface area contributed by atoms with Crippen LogP contribution in [0.5, 0.6) is 0 Å². The monoisotopic (exact) mass is 400 g/mol. The predicted octanol–water partition coefficient (Wildman–Crippen LogP) is 3.88. The van der Waals surface area contributed by atoms with Gasteiger partial charge in [-0.2, -0.15) is 0 Å². The Morgan fingerprint density at radius 2 is 1.93 bits per heavy atom. The molecule has 0 spiro atoms. The van der Waals surface area contributed by atoms with Crippen LogP contribution in [0.1, 0.15) is 16.8 Å². The van der Waals surface area contributed by atoms with Gasteiger partial charge in [0.1, 0.15) is 5.82 Å². The van der Waals surface area contributed by atoms with Crippen LogP contribution in [0.2, 0.25) is 10.0 Å². The Bertz CT molecular complexity index is 1050. The third kappa shape index (κ3) is 3.86. The molecule has 27 heavy (non-hydrogen) atoms. The van der Waals surface area contributed by atoms with Crippen molar-refractivity contribution in [1.82, 2.24) is 14.9 Å². The molecule has 2 heterocycles. The van der Waals surface area contributed by atoms with Gasteiger partial charge in [0.2, 0.25) is 0 Å². The van der Waals surface area contributed by atoms with E-state index in [4.69, 9.17) is 28.9 Å². The lowest BCUT2D eigenvalue weighted by molar-refractivity contribution is 0.242. The van der Waals surface area contributed by atoms with E-state index in [0.717, 1.165) is 23.4 Å². The summed E-state index contributed by atoms with van der Waals surface area (Å²) in [5.41, 5.74) is 9.71. The van der Waals surface area contributed by atoms with Gasteiger partial charge >= 0.3 is 0 Å². The summed E-state index contributed by atoms with van der Waals surface area (Å²) in [7, 11) is 0. The molecule has 7 heteroatoms. The van der Waals surface area contributed by atoms with Crippen molar-refractivity contribution in [3.8, 4) is 11.4 Å². The smallest absolute Gasteiger partial charge is 0.255 e. The second kappa shape index (κ2) is 7.35. The highest BCUT2D eigenvalue weighted by Gasteiger charge is 2.22. The molecular formula is C20H18Cl2N4O. The van der Waals surface area contributed by atoms with Crippen molar-refractivity contribution >= 4 is 28.9 Å². The number of nitrogens with one attached hydrogen (secondary N) is 1. The van der Waals surface area contributed by atoms with Crippen LogP contribution in [0.25, 0.3) is 11.4 Å². The third-order valence-corrected chi connectivity index (χ3v) is 5.33. The number of halogens is 2. The largest absolute Gasteiger partial charge is 0.399 e. The summed E-state index contributed by atoms with van der Waals surface area (Å²) in [5, 5.41) is 1.25. The predicted molar refractivity (Wildman–Crippen MR) is 109 cm³/mol. The van der Waals surface area contributed by atoms with E-state index in [2.05, 4.69) is 14.9 Å². The van der Waals surface area contributed by atoms with Gasteiger partial charge in [-0.05, 0) is 42.0 Å². The minimum atomic E-state index is -0.0984. The Hall–Kier alpha value is -2.34. The number of hydrogen-bond acceptors (Lipinski definition) is 4. The fourth-order valence-electron chi connectivity index (χ4n) is 3.28. The maximum absolute atomic E-state index is 12.6. The van der Waals surface area contributed by atoms with Gasteiger partial charge in [0, 0.05) is 47.4 Å². The Morgan fingerprint density at radius 1 is 1.15 bits per heavy atom. The van der Waals surface area contributed by atoms with Crippen molar-refractivity contribution in [3.63, 3.8) is 0 Å². The summed E-state index contributed by atoms with van der Waals surface area (Å²) in [5.74, 6) is 0.577. The number of fused-ring (bicyclic) bond motifs is 1. The maximum atomic E-state index is 12.6. The molecule has 1 aliphatic heterocycles. The third-order valence-electron chi connectivity index (χ3n) is 4.74. The molecule has 0 aliphatic carbocycles. The highest BCUT2D eigenvalue weighted by atomic mass is 35.5. The van der Waals surface area contributed by atoms with E-state index in [-0.39, 0.29) is 5.56 Å². The summed E-state index contributed by atoms with van der Waals surface area (Å²) >= 11 is 12.2. The first-order valence-electron chi connectivity index (χ1n) is 8.64. The van der Waals surface area contributed by atoms with Crippen LogP contribution in [-0.4, -0.2) is 21.4 Å². The molecule has 0 amide bonds. The van der Waals surface area contributed by atoms with E-state index in [9.17, 15) is 4.79 Å². The summed E-state index contributed by atoms with van der Waals surface area (Å²) in [6.45, 7) is 2.01. The van der Waals surface area contributed by atoms with Crippen LogP contribution < -0.4 is 11.3 Å². The highest BCUT2D eigenvalue weighted by Crippen LogP contribution is 2.25. The molecule has 1 aromatic heterocycles. The molecule has 0 fully saturated rings. The lowest BCUT2D eigenvalue weighted by Gasteiger charge is -2.28. The molecule has 2 aromatic carbocycles. The van der Waals surface area contributed by atoms with Gasteiger partial charge < -0.3 is 10.7 Å². The standard InChI is InChI=1S/C20H18Cl2N4O/c21-14-4-1-13(17(22)9-14)10-26-8-7-18-16(11-26)20(27)25-19(24-18)12-2-5-15(23)6-3-12/h1-6,9H,7-8,10-11,23H2,(H,24,25,27). The average Bonchev–Trinajstić information content (AvgIpc) is 2.65. The number of aromatic amines is 1. The number of benzene rings is 2. The van der Waals surface area contributed by atoms with Crippen molar-refractivity contribution in [1.29, 1.82) is 0 Å². The fourth-order valence-corrected chi connectivity index (χ4v) is 3.75. The SMILES string of the molecule is Nc1ccc(-c2nc3c(c(=O)[nH]2)CN(Cc2ccc(Cl)cc2Cl)CC3)cc1. The molecule has 3 aromatic rings. The average molecular weight is 401 g/mol. The Balaban J connectivity index is 1.58. The van der Waals surface area contributed by atoms with E-state index in [1.807, 2.05) is 24.3 Å². The molecule has 0 bridgehead atoms. The van der Waals surface area contributed by atoms with Crippen LogP contribution in [-0.2, 0) is 19.5 Å². The van der Waals surface area contributed by atoms with Gasteiger partial charge in [-0.15, -0.1) is 0 Å². The lowest BCUT2D eigenvalue weighted by atomic mass is 10.1. The summed E-state index contributed by atoms with van der Waals surface area (Å²) in [4.78, 5) is 22.4. The van der Waals surface area contributed by atoms with Gasteiger partial charge in [-0.3, -0.25) is 9.69 Å². The minimum Gasteiger partial charge on any atom is -0.399 e. The van der Waals surface area contributed by atoms with Crippen LogP contribution in [0.15, 0.2) is 47.3 Å². The fraction of sp³-hybridized carbons (Fsp3) is 0.200. The highest BCUT2D eigenvalue weighted by molar-refractivity contribution is 6.35. The number of rotatable bonds is 3. The quantitative estimate of drug-likeness (QED) is 0.654. The topological polar surface area (TPSA) is 75.0 Å². The zero-order valence-electron chi connectivity index (χ0n) is 14.5. The number of aromatic nitrogens is 2. The van der Waals surface area contributed by atoms with Crippen molar-refractivity contribution in [2.24, 2.45) is 0 Å². The molecule has 0 saturated heterocycles. The number of hydrogen-bond donors (Lipinski definition) is 2. The van der Waals surface area contributed by atoms with E-state index in [1.54, 1.807) is 18.2 Å². The maximum Gasteiger partial charge on any atom is 0.255 e. The molecule has 0 saturated carbocycles. The number of nitrogens with zero attached hydrogens (tertiary/aromatic N) is 2. The molecule has 1 aliphatic rings. The van der Waals surface area contributed by atoms with Crippen molar-refractivity contribution in [3.05, 3.63) is 79.7 Å². The van der Waals surface area contributed by atoms with E-state index in [1.165, 1.54) is 0 Å². The number of nitrogens with two attached hydrogens (primary N) is 1. The van der Waals surface area contributed by atoms with Crippen LogP contribution in [0, 0.1) is 0 Å².